The van der Waals surface area contributed by atoms with E-state index in [2.05, 4.69) is 10.00 Å². The molecule has 0 radical (unpaired) electrons. The number of aliphatic hydroxyl groups excluding tert-OH is 1. The van der Waals surface area contributed by atoms with Crippen molar-refractivity contribution < 1.29 is 9.84 Å². The molecule has 1 saturated heterocycles. The van der Waals surface area contributed by atoms with E-state index in [0.29, 0.717) is 28.1 Å². The molecule has 1 fully saturated rings. The quantitative estimate of drug-likeness (QED) is 0.818. The first-order valence-electron chi connectivity index (χ1n) is 8.55. The molecule has 1 aliphatic heterocycles. The van der Waals surface area contributed by atoms with Gasteiger partial charge in [0.2, 0.25) is 5.88 Å². The van der Waals surface area contributed by atoms with Crippen LogP contribution in [-0.2, 0) is 0 Å². The molecule has 1 aromatic carbocycles. The van der Waals surface area contributed by atoms with Crippen LogP contribution in [0.1, 0.15) is 37.1 Å². The molecule has 2 heterocycles. The number of nitrogens with zero attached hydrogens (tertiary/aromatic N) is 3. The van der Waals surface area contributed by atoms with E-state index in [-0.39, 0.29) is 0 Å². The van der Waals surface area contributed by atoms with Crippen molar-refractivity contribution in [2.75, 3.05) is 26.2 Å². The van der Waals surface area contributed by atoms with Crippen LogP contribution in [0.5, 0.6) is 5.88 Å². The van der Waals surface area contributed by atoms with Crippen LogP contribution in [0.3, 0.4) is 0 Å². The predicted molar refractivity (Wildman–Crippen MR) is 100 cm³/mol. The van der Waals surface area contributed by atoms with Crippen molar-refractivity contribution >= 4 is 23.2 Å². The Labute approximate surface area is 158 Å². The number of likely N-dealkylation sites (tertiary alicyclic amines) is 1. The first-order chi connectivity index (χ1) is 12.0. The summed E-state index contributed by atoms with van der Waals surface area (Å²) in [4.78, 5) is 2.38. The van der Waals surface area contributed by atoms with Gasteiger partial charge in [0.15, 0.2) is 0 Å². The molecule has 1 atom stereocenters. The highest BCUT2D eigenvalue weighted by atomic mass is 35.5. The first kappa shape index (κ1) is 18.5. The summed E-state index contributed by atoms with van der Waals surface area (Å²) in [6, 6.07) is 5.33. The highest BCUT2D eigenvalue weighted by Gasteiger charge is 2.21. The van der Waals surface area contributed by atoms with Gasteiger partial charge in [-0.15, -0.1) is 5.10 Å². The van der Waals surface area contributed by atoms with E-state index in [0.717, 1.165) is 31.0 Å². The minimum Gasteiger partial charge on any atom is -0.475 e. The Kier molecular flexibility index (Phi) is 5.89. The molecule has 1 aliphatic rings. The summed E-state index contributed by atoms with van der Waals surface area (Å²) < 4.78 is 7.64. The van der Waals surface area contributed by atoms with Crippen molar-refractivity contribution in [3.63, 3.8) is 0 Å². The summed E-state index contributed by atoms with van der Waals surface area (Å²) in [7, 11) is 0. The third kappa shape index (κ3) is 4.11. The Morgan fingerprint density at radius 1 is 1.24 bits per heavy atom. The minimum absolute atomic E-state index is 0.462. The Hall–Kier alpha value is -1.27. The van der Waals surface area contributed by atoms with Gasteiger partial charge in [-0.2, -0.15) is 0 Å². The number of benzene rings is 1. The molecule has 0 bridgehead atoms. The lowest BCUT2D eigenvalue weighted by molar-refractivity contribution is 0.184. The van der Waals surface area contributed by atoms with E-state index >= 15 is 0 Å². The maximum absolute atomic E-state index is 10.2. The zero-order valence-electron chi connectivity index (χ0n) is 14.5. The van der Waals surface area contributed by atoms with Crippen molar-refractivity contribution in [1.82, 2.24) is 14.7 Å². The number of hydrogen-bond donors (Lipinski definition) is 1. The van der Waals surface area contributed by atoms with Crippen LogP contribution in [0.25, 0.3) is 5.69 Å². The molecule has 0 spiro atoms. The Morgan fingerprint density at radius 3 is 2.60 bits per heavy atom. The highest BCUT2D eigenvalue weighted by molar-refractivity contribution is 6.42. The zero-order chi connectivity index (χ0) is 18.0. The average molecular weight is 384 g/mol. The maximum Gasteiger partial charge on any atom is 0.239 e. The van der Waals surface area contributed by atoms with Gasteiger partial charge in [-0.1, -0.05) is 23.2 Å². The summed E-state index contributed by atoms with van der Waals surface area (Å²) in [5, 5.41) is 15.7. The predicted octanol–water partition coefficient (Wildman–Crippen LogP) is 4.02. The van der Waals surface area contributed by atoms with Crippen LogP contribution < -0.4 is 4.74 Å². The molecule has 0 aliphatic carbocycles. The van der Waals surface area contributed by atoms with E-state index < -0.39 is 6.10 Å². The van der Waals surface area contributed by atoms with Crippen LogP contribution >= 0.6 is 23.2 Å². The molecular formula is C18H23Cl2N3O2. The molecule has 0 saturated carbocycles. The standard InChI is InChI=1S/C18H23Cl2N3O2/c1-12-17(13(2)24)18(25-10-9-22-7-3-4-8-22)21-23(12)14-5-6-15(19)16(20)11-14/h5-6,11,13,24H,3-4,7-10H2,1-2H3. The van der Waals surface area contributed by atoms with Gasteiger partial charge in [-0.3, -0.25) is 4.90 Å². The van der Waals surface area contributed by atoms with E-state index in [4.69, 9.17) is 27.9 Å². The maximum atomic E-state index is 10.2. The summed E-state index contributed by atoms with van der Waals surface area (Å²) in [5.74, 6) is 0.470. The second kappa shape index (κ2) is 7.96. The monoisotopic (exact) mass is 383 g/mol. The molecule has 3 rings (SSSR count). The van der Waals surface area contributed by atoms with Crippen LogP contribution in [0.2, 0.25) is 10.0 Å². The van der Waals surface area contributed by atoms with E-state index in [1.54, 1.807) is 23.7 Å². The normalized spacial score (nSPS) is 16.4. The van der Waals surface area contributed by atoms with Gasteiger partial charge in [0.1, 0.15) is 6.61 Å². The molecule has 136 valence electrons. The molecular weight excluding hydrogens is 361 g/mol. The number of aliphatic hydroxyl groups is 1. The average Bonchev–Trinajstić information content (AvgIpc) is 3.18. The summed E-state index contributed by atoms with van der Waals surface area (Å²) in [5.41, 5.74) is 2.31. The van der Waals surface area contributed by atoms with Crippen LogP contribution in [0.15, 0.2) is 18.2 Å². The molecule has 0 amide bonds. The Bertz CT molecular complexity index is 740. The van der Waals surface area contributed by atoms with E-state index in [9.17, 15) is 5.11 Å². The minimum atomic E-state index is -0.668. The van der Waals surface area contributed by atoms with Gasteiger partial charge in [0.05, 0.1) is 33.1 Å². The van der Waals surface area contributed by atoms with Crippen molar-refractivity contribution in [2.24, 2.45) is 0 Å². The molecule has 1 aromatic heterocycles. The SMILES string of the molecule is Cc1c(C(C)O)c(OCCN2CCCC2)nn1-c1ccc(Cl)c(Cl)c1. The molecule has 25 heavy (non-hydrogen) atoms. The van der Waals surface area contributed by atoms with Crippen molar-refractivity contribution in [3.05, 3.63) is 39.5 Å². The lowest BCUT2D eigenvalue weighted by Gasteiger charge is -2.14. The molecule has 2 aromatic rings. The Balaban J connectivity index is 1.83. The van der Waals surface area contributed by atoms with E-state index in [1.807, 2.05) is 13.0 Å². The molecule has 1 N–H and O–H groups in total. The largest absolute Gasteiger partial charge is 0.475 e. The first-order valence-corrected chi connectivity index (χ1v) is 9.31. The summed E-state index contributed by atoms with van der Waals surface area (Å²) in [6.45, 7) is 7.31. The van der Waals surface area contributed by atoms with Gasteiger partial charge in [0.25, 0.3) is 0 Å². The second-order valence-electron chi connectivity index (χ2n) is 6.39. The fourth-order valence-electron chi connectivity index (χ4n) is 3.22. The molecule has 5 nitrogen and oxygen atoms in total. The zero-order valence-corrected chi connectivity index (χ0v) is 16.0. The van der Waals surface area contributed by atoms with Crippen molar-refractivity contribution in [1.29, 1.82) is 0 Å². The van der Waals surface area contributed by atoms with Crippen LogP contribution in [-0.4, -0.2) is 46.0 Å². The fourth-order valence-corrected chi connectivity index (χ4v) is 3.51. The summed E-state index contributed by atoms with van der Waals surface area (Å²) >= 11 is 12.1. The van der Waals surface area contributed by atoms with Crippen molar-refractivity contribution in [3.8, 4) is 11.6 Å². The third-order valence-electron chi connectivity index (χ3n) is 4.54. The van der Waals surface area contributed by atoms with Gasteiger partial charge >= 0.3 is 0 Å². The lowest BCUT2D eigenvalue weighted by Crippen LogP contribution is -2.25. The second-order valence-corrected chi connectivity index (χ2v) is 7.20. The number of aromatic nitrogens is 2. The van der Waals surface area contributed by atoms with E-state index in [1.165, 1.54) is 12.8 Å². The lowest BCUT2D eigenvalue weighted by atomic mass is 10.1. The summed E-state index contributed by atoms with van der Waals surface area (Å²) in [6.07, 6.45) is 1.84. The third-order valence-corrected chi connectivity index (χ3v) is 5.28. The molecule has 1 unspecified atom stereocenters. The molecule has 7 heteroatoms. The number of rotatable bonds is 6. The number of ether oxygens (including phenoxy) is 1. The number of halogens is 2. The van der Waals surface area contributed by atoms with Gasteiger partial charge in [0, 0.05) is 6.54 Å². The smallest absolute Gasteiger partial charge is 0.239 e. The topological polar surface area (TPSA) is 50.5 Å². The van der Waals surface area contributed by atoms with Crippen LogP contribution in [0.4, 0.5) is 0 Å². The highest BCUT2D eigenvalue weighted by Crippen LogP contribution is 2.31. The Morgan fingerprint density at radius 2 is 1.96 bits per heavy atom. The number of hydrogen-bond acceptors (Lipinski definition) is 4. The van der Waals surface area contributed by atoms with Gasteiger partial charge in [-0.05, 0) is 58.0 Å². The fraction of sp³-hybridized carbons (Fsp3) is 0.500. The van der Waals surface area contributed by atoms with Gasteiger partial charge < -0.3 is 9.84 Å². The van der Waals surface area contributed by atoms with Gasteiger partial charge in [-0.25, -0.2) is 4.68 Å². The van der Waals surface area contributed by atoms with Crippen LogP contribution in [0, 0.1) is 6.92 Å². The van der Waals surface area contributed by atoms with Crippen molar-refractivity contribution in [2.45, 2.75) is 32.8 Å².